The fourth-order valence-corrected chi connectivity index (χ4v) is 0.838. The van der Waals surface area contributed by atoms with Crippen LogP contribution in [0.25, 0.3) is 0 Å². The van der Waals surface area contributed by atoms with Crippen molar-refractivity contribution in [1.29, 1.82) is 0 Å². The monoisotopic (exact) mass is 151 g/mol. The molecule has 0 amide bonds. The summed E-state index contributed by atoms with van der Waals surface area (Å²) in [6.45, 7) is 17.4. The van der Waals surface area contributed by atoms with E-state index in [1.54, 1.807) is 0 Å². The van der Waals surface area contributed by atoms with Crippen molar-refractivity contribution in [1.82, 2.24) is 0 Å². The normalized spacial score (nSPS) is 15.2. The first-order valence-corrected chi connectivity index (χ1v) is 3.81. The molecule has 0 radical (unpaired) electrons. The van der Waals surface area contributed by atoms with Crippen LogP contribution in [0.5, 0.6) is 0 Å². The lowest BCUT2D eigenvalue weighted by atomic mass is 9.92. The van der Waals surface area contributed by atoms with E-state index in [4.69, 9.17) is 0 Å². The van der Waals surface area contributed by atoms with Gasteiger partial charge in [0.25, 0.3) is 0 Å². The molecule has 0 heterocycles. The molecule has 0 rings (SSSR count). The number of nitrogens with zero attached hydrogens (tertiary/aromatic N) is 1. The van der Waals surface area contributed by atoms with Crippen LogP contribution in [0.3, 0.4) is 0 Å². The summed E-state index contributed by atoms with van der Waals surface area (Å²) in [5.41, 5.74) is 2.11. The Kier molecular flexibility index (Phi) is 3.80. The summed E-state index contributed by atoms with van der Waals surface area (Å²) >= 11 is 0. The molecule has 0 saturated heterocycles. The molecule has 0 aromatic heterocycles. The summed E-state index contributed by atoms with van der Waals surface area (Å²) in [6.07, 6.45) is 0. The predicted molar refractivity (Wildman–Crippen MR) is 52.1 cm³/mol. The first kappa shape index (κ1) is 10.2. The largest absolute Gasteiger partial charge is 0.297 e. The van der Waals surface area contributed by atoms with E-state index < -0.39 is 0 Å². The molecule has 0 spiro atoms. The molecular weight excluding hydrogens is 134 g/mol. The minimum Gasteiger partial charge on any atom is -0.297 e. The fourth-order valence-electron chi connectivity index (χ4n) is 0.838. The van der Waals surface area contributed by atoms with Crippen LogP contribution in [0.15, 0.2) is 29.3 Å². The molecule has 0 fully saturated rings. The minimum atomic E-state index is 0.235. The summed E-state index contributed by atoms with van der Waals surface area (Å²) in [7, 11) is 0. The summed E-state index contributed by atoms with van der Waals surface area (Å²) < 4.78 is 0. The lowest BCUT2D eigenvalue weighted by molar-refractivity contribution is 0.565. The predicted octanol–water partition coefficient (Wildman–Crippen LogP) is 2.84. The Bertz CT molecular complexity index is 179. The average Bonchev–Trinajstić information content (AvgIpc) is 2.00. The molecule has 1 heteroatoms. The van der Waals surface area contributed by atoms with Crippen molar-refractivity contribution in [3.63, 3.8) is 0 Å². The number of rotatable bonds is 4. The average molecular weight is 151 g/mol. The summed E-state index contributed by atoms with van der Waals surface area (Å²) in [4.78, 5) is 3.94. The van der Waals surface area contributed by atoms with Gasteiger partial charge in [-0.15, -0.1) is 0 Å². The van der Waals surface area contributed by atoms with Gasteiger partial charge in [-0.25, -0.2) is 0 Å². The lowest BCUT2D eigenvalue weighted by Crippen LogP contribution is -2.13. The van der Waals surface area contributed by atoms with Gasteiger partial charge < -0.3 is 0 Å². The highest BCUT2D eigenvalue weighted by Crippen LogP contribution is 2.20. The molecule has 0 aliphatic heterocycles. The number of hydrogen-bond donors (Lipinski definition) is 0. The Labute approximate surface area is 69.5 Å². The maximum Gasteiger partial charge on any atom is 0.0529 e. The van der Waals surface area contributed by atoms with E-state index in [-0.39, 0.29) is 6.04 Å². The first-order valence-electron chi connectivity index (χ1n) is 3.81. The van der Waals surface area contributed by atoms with Gasteiger partial charge >= 0.3 is 0 Å². The van der Waals surface area contributed by atoms with Gasteiger partial charge in [-0.1, -0.05) is 25.7 Å². The molecule has 0 aromatic carbocycles. The highest BCUT2D eigenvalue weighted by Gasteiger charge is 2.13. The van der Waals surface area contributed by atoms with Gasteiger partial charge in [0.15, 0.2) is 0 Å². The smallest absolute Gasteiger partial charge is 0.0529 e. The van der Waals surface area contributed by atoms with Crippen LogP contribution in [-0.4, -0.2) is 12.8 Å². The molecular formula is C10H17N. The van der Waals surface area contributed by atoms with Crippen LogP contribution < -0.4 is 0 Å². The molecule has 2 unspecified atom stereocenters. The quantitative estimate of drug-likeness (QED) is 0.433. The van der Waals surface area contributed by atoms with Crippen LogP contribution >= 0.6 is 0 Å². The second-order valence-electron chi connectivity index (χ2n) is 3.02. The van der Waals surface area contributed by atoms with E-state index in [2.05, 4.69) is 31.8 Å². The molecule has 1 nitrogen and oxygen atoms in total. The highest BCUT2D eigenvalue weighted by molar-refractivity contribution is 5.29. The zero-order valence-corrected chi connectivity index (χ0v) is 7.72. The van der Waals surface area contributed by atoms with E-state index in [0.29, 0.717) is 5.92 Å². The van der Waals surface area contributed by atoms with Crippen LogP contribution in [0.1, 0.15) is 20.8 Å². The number of aliphatic imine (C=N–C) groups is 1. The van der Waals surface area contributed by atoms with Crippen molar-refractivity contribution in [3.8, 4) is 0 Å². The SMILES string of the molecule is C=NC(C)C(C)C(=C)C(=C)C. The van der Waals surface area contributed by atoms with Crippen LogP contribution in [0.2, 0.25) is 0 Å². The third-order valence-electron chi connectivity index (χ3n) is 2.11. The number of hydrogen-bond acceptors (Lipinski definition) is 1. The molecule has 0 aromatic rings. The maximum absolute atomic E-state index is 3.94. The zero-order chi connectivity index (χ0) is 9.02. The first-order chi connectivity index (χ1) is 5.00. The Hall–Kier alpha value is -0.850. The topological polar surface area (TPSA) is 12.4 Å². The molecule has 0 aliphatic rings. The van der Waals surface area contributed by atoms with Gasteiger partial charge in [-0.2, -0.15) is 0 Å². The van der Waals surface area contributed by atoms with Crippen molar-refractivity contribution in [2.24, 2.45) is 10.9 Å². The zero-order valence-electron chi connectivity index (χ0n) is 7.72. The molecule has 2 atom stereocenters. The van der Waals surface area contributed by atoms with Gasteiger partial charge in [-0.3, -0.25) is 4.99 Å². The van der Waals surface area contributed by atoms with Gasteiger partial charge in [-0.05, 0) is 26.1 Å². The molecule has 62 valence electrons. The minimum absolute atomic E-state index is 0.235. The van der Waals surface area contributed by atoms with Crippen molar-refractivity contribution >= 4 is 6.72 Å². The Morgan fingerprint density at radius 3 is 2.00 bits per heavy atom. The Morgan fingerprint density at radius 2 is 1.73 bits per heavy atom. The van der Waals surface area contributed by atoms with Gasteiger partial charge in [0.2, 0.25) is 0 Å². The molecule has 0 saturated carbocycles. The van der Waals surface area contributed by atoms with Crippen molar-refractivity contribution in [2.45, 2.75) is 26.8 Å². The van der Waals surface area contributed by atoms with E-state index in [0.717, 1.165) is 11.1 Å². The fraction of sp³-hybridized carbons (Fsp3) is 0.500. The van der Waals surface area contributed by atoms with E-state index >= 15 is 0 Å². The lowest BCUT2D eigenvalue weighted by Gasteiger charge is -2.18. The maximum atomic E-state index is 3.94. The second kappa shape index (κ2) is 4.12. The van der Waals surface area contributed by atoms with E-state index in [1.807, 2.05) is 13.8 Å². The van der Waals surface area contributed by atoms with Gasteiger partial charge in [0.1, 0.15) is 0 Å². The Balaban J connectivity index is 4.24. The summed E-state index contributed by atoms with van der Waals surface area (Å²) in [5, 5.41) is 0. The van der Waals surface area contributed by atoms with Gasteiger partial charge in [0.05, 0.1) is 6.04 Å². The molecule has 0 bridgehead atoms. The molecule has 0 N–H and O–H groups in total. The van der Waals surface area contributed by atoms with Crippen LogP contribution in [0.4, 0.5) is 0 Å². The highest BCUT2D eigenvalue weighted by atomic mass is 14.7. The van der Waals surface area contributed by atoms with Crippen LogP contribution in [0, 0.1) is 5.92 Å². The molecule has 11 heavy (non-hydrogen) atoms. The van der Waals surface area contributed by atoms with Crippen LogP contribution in [-0.2, 0) is 0 Å². The summed E-state index contributed by atoms with van der Waals surface area (Å²) in [5.74, 6) is 0.352. The van der Waals surface area contributed by atoms with Crippen molar-refractivity contribution < 1.29 is 0 Å². The third kappa shape index (κ3) is 2.71. The van der Waals surface area contributed by atoms with Crippen molar-refractivity contribution in [3.05, 3.63) is 24.3 Å². The van der Waals surface area contributed by atoms with Crippen molar-refractivity contribution in [2.75, 3.05) is 0 Å². The Morgan fingerprint density at radius 1 is 1.27 bits per heavy atom. The summed E-state index contributed by atoms with van der Waals surface area (Å²) in [6, 6.07) is 0.235. The van der Waals surface area contributed by atoms with E-state index in [1.165, 1.54) is 0 Å². The standard InChI is InChI=1S/C10H17N/c1-7(2)8(3)9(4)10(5)11-6/h9-10H,1,3,6H2,2,4-5H3. The van der Waals surface area contributed by atoms with Gasteiger partial charge in [0, 0.05) is 5.92 Å². The number of allylic oxidation sites excluding steroid dienone is 1. The molecule has 0 aliphatic carbocycles. The second-order valence-corrected chi connectivity index (χ2v) is 3.02. The third-order valence-corrected chi connectivity index (χ3v) is 2.11. The van der Waals surface area contributed by atoms with E-state index in [9.17, 15) is 0 Å².